The average molecular weight is 287 g/mol. The molecule has 0 radical (unpaired) electrons. The van der Waals surface area contributed by atoms with E-state index in [-0.39, 0.29) is 6.09 Å². The van der Waals surface area contributed by atoms with Crippen LogP contribution in [0.3, 0.4) is 0 Å². The van der Waals surface area contributed by atoms with Gasteiger partial charge in [0.1, 0.15) is 5.60 Å². The quantitative estimate of drug-likeness (QED) is 0.782. The predicted molar refractivity (Wildman–Crippen MR) is 79.0 cm³/mol. The minimum absolute atomic E-state index is 0.337. The maximum Gasteiger partial charge on any atom is 0.407 e. The van der Waals surface area contributed by atoms with Crippen molar-refractivity contribution >= 4 is 6.09 Å². The molecular weight excluding hydrogens is 258 g/mol. The van der Waals surface area contributed by atoms with Crippen molar-refractivity contribution in [1.82, 2.24) is 15.1 Å². The molecule has 0 aromatic heterocycles. The molecule has 0 atom stereocenters. The summed E-state index contributed by atoms with van der Waals surface area (Å²) in [6, 6.07) is 0. The van der Waals surface area contributed by atoms with E-state index in [9.17, 15) is 4.79 Å². The van der Waals surface area contributed by atoms with Crippen LogP contribution in [0.2, 0.25) is 0 Å². The molecule has 1 aliphatic rings. The molecule has 1 heterocycles. The first-order valence-electron chi connectivity index (χ1n) is 7.31. The van der Waals surface area contributed by atoms with E-state index < -0.39 is 5.60 Å². The zero-order valence-electron chi connectivity index (χ0n) is 13.3. The standard InChI is InChI=1S/C14H29N3O3/c1-14(2,3)20-13(18)15-5-6-16-7-9-17(10-8-16)11-12-19-4/h5-12H2,1-4H3,(H,15,18). The van der Waals surface area contributed by atoms with Gasteiger partial charge in [0.2, 0.25) is 0 Å². The van der Waals surface area contributed by atoms with Crippen molar-refractivity contribution in [3.8, 4) is 0 Å². The fourth-order valence-electron chi connectivity index (χ4n) is 2.09. The number of nitrogens with zero attached hydrogens (tertiary/aromatic N) is 2. The maximum atomic E-state index is 11.5. The molecule has 6 heteroatoms. The number of methoxy groups -OCH3 is 1. The van der Waals surface area contributed by atoms with Gasteiger partial charge in [0.25, 0.3) is 0 Å². The first kappa shape index (κ1) is 17.2. The highest BCUT2D eigenvalue weighted by molar-refractivity contribution is 5.67. The van der Waals surface area contributed by atoms with Gasteiger partial charge in [0.15, 0.2) is 0 Å². The van der Waals surface area contributed by atoms with Gasteiger partial charge in [-0.05, 0) is 20.8 Å². The van der Waals surface area contributed by atoms with Crippen LogP contribution in [0.5, 0.6) is 0 Å². The molecule has 6 nitrogen and oxygen atoms in total. The number of nitrogens with one attached hydrogen (secondary N) is 1. The molecule has 0 spiro atoms. The van der Waals surface area contributed by atoms with E-state index in [1.807, 2.05) is 20.8 Å². The van der Waals surface area contributed by atoms with Crippen molar-refractivity contribution in [2.24, 2.45) is 0 Å². The summed E-state index contributed by atoms with van der Waals surface area (Å²) < 4.78 is 10.3. The van der Waals surface area contributed by atoms with Crippen LogP contribution in [0.4, 0.5) is 4.79 Å². The van der Waals surface area contributed by atoms with Crippen LogP contribution in [-0.4, -0.2) is 81.0 Å². The molecule has 1 aliphatic heterocycles. The van der Waals surface area contributed by atoms with Crippen LogP contribution in [0.15, 0.2) is 0 Å². The Labute approximate surface area is 122 Å². The number of hydrogen-bond acceptors (Lipinski definition) is 5. The molecule has 1 rings (SSSR count). The summed E-state index contributed by atoms with van der Waals surface area (Å²) in [4.78, 5) is 16.3. The molecular formula is C14H29N3O3. The molecule has 1 fully saturated rings. The SMILES string of the molecule is COCCN1CCN(CCNC(=O)OC(C)(C)C)CC1. The lowest BCUT2D eigenvalue weighted by molar-refractivity contribution is 0.0513. The number of ether oxygens (including phenoxy) is 2. The van der Waals surface area contributed by atoms with Crippen molar-refractivity contribution in [3.63, 3.8) is 0 Å². The second kappa shape index (κ2) is 8.44. The van der Waals surface area contributed by atoms with Gasteiger partial charge >= 0.3 is 6.09 Å². The lowest BCUT2D eigenvalue weighted by Gasteiger charge is -2.34. The summed E-state index contributed by atoms with van der Waals surface area (Å²) in [5.74, 6) is 0. The first-order chi connectivity index (χ1) is 9.40. The topological polar surface area (TPSA) is 54.0 Å². The highest BCUT2D eigenvalue weighted by Crippen LogP contribution is 2.06. The zero-order chi connectivity index (χ0) is 15.0. The van der Waals surface area contributed by atoms with Gasteiger partial charge in [-0.3, -0.25) is 9.80 Å². The number of amides is 1. The van der Waals surface area contributed by atoms with E-state index in [2.05, 4.69) is 15.1 Å². The maximum absolute atomic E-state index is 11.5. The van der Waals surface area contributed by atoms with Gasteiger partial charge in [-0.15, -0.1) is 0 Å². The minimum Gasteiger partial charge on any atom is -0.444 e. The van der Waals surface area contributed by atoms with Crippen LogP contribution >= 0.6 is 0 Å². The van der Waals surface area contributed by atoms with Crippen molar-refractivity contribution in [2.45, 2.75) is 26.4 Å². The summed E-state index contributed by atoms with van der Waals surface area (Å²) >= 11 is 0. The van der Waals surface area contributed by atoms with E-state index in [1.165, 1.54) is 0 Å². The molecule has 1 N–H and O–H groups in total. The first-order valence-corrected chi connectivity index (χ1v) is 7.31. The summed E-state index contributed by atoms with van der Waals surface area (Å²) in [7, 11) is 1.73. The third-order valence-electron chi connectivity index (χ3n) is 3.17. The largest absolute Gasteiger partial charge is 0.444 e. The monoisotopic (exact) mass is 287 g/mol. The molecule has 118 valence electrons. The normalized spacial score (nSPS) is 18.0. The second-order valence-electron chi connectivity index (χ2n) is 6.10. The van der Waals surface area contributed by atoms with Crippen LogP contribution in [0, 0.1) is 0 Å². The molecule has 0 aliphatic carbocycles. The lowest BCUT2D eigenvalue weighted by atomic mass is 10.2. The number of rotatable bonds is 6. The summed E-state index contributed by atoms with van der Waals surface area (Å²) in [6.45, 7) is 13.1. The molecule has 0 saturated carbocycles. The molecule has 0 bridgehead atoms. The highest BCUT2D eigenvalue weighted by atomic mass is 16.6. The summed E-state index contributed by atoms with van der Waals surface area (Å²) in [5, 5.41) is 2.80. The van der Waals surface area contributed by atoms with E-state index in [0.29, 0.717) is 6.54 Å². The Morgan fingerprint density at radius 1 is 1.10 bits per heavy atom. The molecule has 0 aromatic rings. The third-order valence-corrected chi connectivity index (χ3v) is 3.17. The van der Waals surface area contributed by atoms with Crippen molar-refractivity contribution < 1.29 is 14.3 Å². The molecule has 20 heavy (non-hydrogen) atoms. The zero-order valence-corrected chi connectivity index (χ0v) is 13.3. The van der Waals surface area contributed by atoms with Crippen molar-refractivity contribution in [1.29, 1.82) is 0 Å². The van der Waals surface area contributed by atoms with Crippen LogP contribution < -0.4 is 5.32 Å². The van der Waals surface area contributed by atoms with E-state index in [4.69, 9.17) is 9.47 Å². The fourth-order valence-corrected chi connectivity index (χ4v) is 2.09. The summed E-state index contributed by atoms with van der Waals surface area (Å²) in [6.07, 6.45) is -0.337. The van der Waals surface area contributed by atoms with Gasteiger partial charge in [-0.25, -0.2) is 4.79 Å². The number of carbonyl (C=O) groups is 1. The summed E-state index contributed by atoms with van der Waals surface area (Å²) in [5.41, 5.74) is -0.433. The molecule has 0 aromatic carbocycles. The van der Waals surface area contributed by atoms with Gasteiger partial charge < -0.3 is 14.8 Å². The number of alkyl carbamates (subject to hydrolysis) is 1. The number of hydrogen-bond donors (Lipinski definition) is 1. The Kier molecular flexibility index (Phi) is 7.26. The van der Waals surface area contributed by atoms with E-state index in [0.717, 1.165) is 45.9 Å². The Hall–Kier alpha value is -0.850. The Balaban J connectivity index is 2.08. The minimum atomic E-state index is -0.433. The average Bonchev–Trinajstić information content (AvgIpc) is 2.35. The smallest absolute Gasteiger partial charge is 0.407 e. The Bertz CT molecular complexity index is 284. The molecule has 1 saturated heterocycles. The Morgan fingerprint density at radius 3 is 2.15 bits per heavy atom. The van der Waals surface area contributed by atoms with Crippen LogP contribution in [0.1, 0.15) is 20.8 Å². The fraction of sp³-hybridized carbons (Fsp3) is 0.929. The van der Waals surface area contributed by atoms with E-state index >= 15 is 0 Å². The van der Waals surface area contributed by atoms with Crippen molar-refractivity contribution in [2.75, 3.05) is 59.5 Å². The lowest BCUT2D eigenvalue weighted by Crippen LogP contribution is -2.49. The van der Waals surface area contributed by atoms with Crippen molar-refractivity contribution in [3.05, 3.63) is 0 Å². The number of carbonyl (C=O) groups excluding carboxylic acids is 1. The van der Waals surface area contributed by atoms with Crippen LogP contribution in [-0.2, 0) is 9.47 Å². The van der Waals surface area contributed by atoms with Gasteiger partial charge in [-0.2, -0.15) is 0 Å². The van der Waals surface area contributed by atoms with Gasteiger partial charge in [-0.1, -0.05) is 0 Å². The highest BCUT2D eigenvalue weighted by Gasteiger charge is 2.18. The second-order valence-corrected chi connectivity index (χ2v) is 6.10. The number of piperazine rings is 1. The third kappa shape index (κ3) is 7.67. The van der Waals surface area contributed by atoms with Crippen LogP contribution in [0.25, 0.3) is 0 Å². The Morgan fingerprint density at radius 2 is 1.65 bits per heavy atom. The molecule has 1 amide bonds. The van der Waals surface area contributed by atoms with E-state index in [1.54, 1.807) is 7.11 Å². The van der Waals surface area contributed by atoms with Gasteiger partial charge in [0, 0.05) is 52.9 Å². The predicted octanol–water partition coefficient (Wildman–Crippen LogP) is 0.775. The van der Waals surface area contributed by atoms with Gasteiger partial charge in [0.05, 0.1) is 6.61 Å². The molecule has 0 unspecified atom stereocenters.